The minimum absolute atomic E-state index is 0.0869. The third-order valence-corrected chi connectivity index (χ3v) is 6.41. The van der Waals surface area contributed by atoms with E-state index >= 15 is 0 Å². The molecule has 4 nitrogen and oxygen atoms in total. The molecule has 1 unspecified atom stereocenters. The number of nitrogens with one attached hydrogen (secondary N) is 1. The fraction of sp³-hybridized carbons (Fsp3) is 0.765. The third-order valence-electron chi connectivity index (χ3n) is 6.01. The molecule has 1 heterocycles. The minimum Gasteiger partial charge on any atom is -0.349 e. The van der Waals surface area contributed by atoms with Crippen LogP contribution in [-0.2, 0) is 4.79 Å². The zero-order valence-electron chi connectivity index (χ0n) is 13.1. The van der Waals surface area contributed by atoms with Crippen LogP contribution >= 0.6 is 15.9 Å². The summed E-state index contributed by atoms with van der Waals surface area (Å²) in [5, 5.41) is 7.78. The van der Waals surface area contributed by atoms with E-state index in [0.717, 1.165) is 28.6 Å². The predicted octanol–water partition coefficient (Wildman–Crippen LogP) is 3.68. The molecular weight excluding hydrogens is 342 g/mol. The standard InChI is InChI=1S/C17H24BrN3O/c1-2-15(21-10-14(18)9-19-21)16(22)20-17-6-11-3-12(7-17)5-13(4-11)8-17/h9-13,15H,2-8H2,1H3,(H,20,22). The van der Waals surface area contributed by atoms with E-state index in [1.54, 1.807) is 10.9 Å². The second-order valence-electron chi connectivity index (χ2n) is 7.75. The summed E-state index contributed by atoms with van der Waals surface area (Å²) in [6.45, 7) is 2.06. The summed E-state index contributed by atoms with van der Waals surface area (Å²) in [6, 6.07) is -0.195. The number of carbonyl (C=O) groups excluding carboxylic acids is 1. The topological polar surface area (TPSA) is 46.9 Å². The van der Waals surface area contributed by atoms with Crippen molar-refractivity contribution in [3.05, 3.63) is 16.9 Å². The fourth-order valence-electron chi connectivity index (χ4n) is 5.59. The van der Waals surface area contributed by atoms with Gasteiger partial charge in [0.15, 0.2) is 0 Å². The van der Waals surface area contributed by atoms with E-state index in [9.17, 15) is 4.79 Å². The lowest BCUT2D eigenvalue weighted by Crippen LogP contribution is -2.60. The minimum atomic E-state index is -0.195. The highest BCUT2D eigenvalue weighted by atomic mass is 79.9. The lowest BCUT2D eigenvalue weighted by Gasteiger charge is -2.57. The maximum atomic E-state index is 12.9. The number of amides is 1. The summed E-state index contributed by atoms with van der Waals surface area (Å²) in [6.07, 6.45) is 12.2. The zero-order chi connectivity index (χ0) is 15.3. The molecule has 0 aliphatic heterocycles. The molecule has 0 spiro atoms. The quantitative estimate of drug-likeness (QED) is 0.884. The lowest BCUT2D eigenvalue weighted by atomic mass is 9.53. The number of rotatable bonds is 4. The van der Waals surface area contributed by atoms with Crippen molar-refractivity contribution in [1.29, 1.82) is 0 Å². The van der Waals surface area contributed by atoms with Crippen LogP contribution in [0.1, 0.15) is 57.9 Å². The predicted molar refractivity (Wildman–Crippen MR) is 88.3 cm³/mol. The molecule has 1 atom stereocenters. The number of nitrogens with zero attached hydrogens (tertiary/aromatic N) is 2. The van der Waals surface area contributed by atoms with Gasteiger partial charge in [-0.3, -0.25) is 9.48 Å². The number of carbonyl (C=O) groups is 1. The number of halogens is 1. The van der Waals surface area contributed by atoms with E-state index in [0.29, 0.717) is 0 Å². The Labute approximate surface area is 140 Å². The summed E-state index contributed by atoms with van der Waals surface area (Å²) in [5.74, 6) is 2.71. The molecule has 4 bridgehead atoms. The molecule has 0 aromatic carbocycles. The van der Waals surface area contributed by atoms with Crippen molar-refractivity contribution >= 4 is 21.8 Å². The molecule has 5 rings (SSSR count). The van der Waals surface area contributed by atoms with E-state index in [1.807, 2.05) is 6.20 Å². The second kappa shape index (κ2) is 5.36. The van der Waals surface area contributed by atoms with Gasteiger partial charge in [0.25, 0.3) is 0 Å². The van der Waals surface area contributed by atoms with Crippen LogP contribution in [0.25, 0.3) is 0 Å². The number of aromatic nitrogens is 2. The molecule has 1 N–H and O–H groups in total. The highest BCUT2D eigenvalue weighted by molar-refractivity contribution is 9.10. The van der Waals surface area contributed by atoms with Crippen molar-refractivity contribution in [2.75, 3.05) is 0 Å². The van der Waals surface area contributed by atoms with Gasteiger partial charge in [0.2, 0.25) is 5.91 Å². The van der Waals surface area contributed by atoms with Crippen LogP contribution in [-0.4, -0.2) is 21.2 Å². The van der Waals surface area contributed by atoms with E-state index in [2.05, 4.69) is 33.3 Å². The Morgan fingerprint density at radius 2 is 1.95 bits per heavy atom. The van der Waals surface area contributed by atoms with Gasteiger partial charge in [-0.1, -0.05) is 6.92 Å². The molecule has 22 heavy (non-hydrogen) atoms. The van der Waals surface area contributed by atoms with Gasteiger partial charge in [-0.25, -0.2) is 0 Å². The lowest BCUT2D eigenvalue weighted by molar-refractivity contribution is -0.130. The Kier molecular flexibility index (Phi) is 3.59. The summed E-state index contributed by atoms with van der Waals surface area (Å²) in [4.78, 5) is 12.9. The van der Waals surface area contributed by atoms with Crippen molar-refractivity contribution in [3.63, 3.8) is 0 Å². The van der Waals surface area contributed by atoms with E-state index in [4.69, 9.17) is 0 Å². The van der Waals surface area contributed by atoms with E-state index < -0.39 is 0 Å². The fourth-order valence-corrected chi connectivity index (χ4v) is 5.89. The largest absolute Gasteiger partial charge is 0.349 e. The first kappa shape index (κ1) is 14.7. The van der Waals surface area contributed by atoms with E-state index in [1.165, 1.54) is 38.5 Å². The molecule has 0 radical (unpaired) electrons. The van der Waals surface area contributed by atoms with Crippen molar-refractivity contribution in [2.45, 2.75) is 63.5 Å². The van der Waals surface area contributed by atoms with Crippen molar-refractivity contribution < 1.29 is 4.79 Å². The Balaban J connectivity index is 1.51. The van der Waals surface area contributed by atoms with Crippen LogP contribution in [0.15, 0.2) is 16.9 Å². The van der Waals surface area contributed by atoms with Gasteiger partial charge in [-0.15, -0.1) is 0 Å². The molecule has 1 aromatic heterocycles. The maximum Gasteiger partial charge on any atom is 0.245 e. The first-order valence-electron chi connectivity index (χ1n) is 8.58. The van der Waals surface area contributed by atoms with Crippen LogP contribution in [0, 0.1) is 17.8 Å². The SMILES string of the molecule is CCC(C(=O)NC12CC3CC(CC(C3)C1)C2)n1cc(Br)cn1. The summed E-state index contributed by atoms with van der Waals surface area (Å²) >= 11 is 3.42. The Morgan fingerprint density at radius 3 is 2.41 bits per heavy atom. The van der Waals surface area contributed by atoms with Gasteiger partial charge < -0.3 is 5.32 Å². The highest BCUT2D eigenvalue weighted by Gasteiger charge is 2.51. The molecule has 4 fully saturated rings. The Bertz CT molecular complexity index is 547. The van der Waals surface area contributed by atoms with Gasteiger partial charge in [-0.2, -0.15) is 5.10 Å². The molecular formula is C17H24BrN3O. The van der Waals surface area contributed by atoms with Crippen molar-refractivity contribution in [1.82, 2.24) is 15.1 Å². The second-order valence-corrected chi connectivity index (χ2v) is 8.67. The average Bonchev–Trinajstić information content (AvgIpc) is 2.83. The number of hydrogen-bond acceptors (Lipinski definition) is 2. The molecule has 1 amide bonds. The highest BCUT2D eigenvalue weighted by Crippen LogP contribution is 2.55. The van der Waals surface area contributed by atoms with Crippen LogP contribution in [0.2, 0.25) is 0 Å². The molecule has 5 heteroatoms. The zero-order valence-corrected chi connectivity index (χ0v) is 14.7. The maximum absolute atomic E-state index is 12.9. The first-order chi connectivity index (χ1) is 10.6. The first-order valence-corrected chi connectivity index (χ1v) is 9.38. The van der Waals surface area contributed by atoms with Gasteiger partial charge in [0.1, 0.15) is 6.04 Å². The van der Waals surface area contributed by atoms with Gasteiger partial charge in [0.05, 0.1) is 10.7 Å². The third kappa shape index (κ3) is 2.51. The van der Waals surface area contributed by atoms with Crippen LogP contribution in [0.5, 0.6) is 0 Å². The van der Waals surface area contributed by atoms with Crippen LogP contribution in [0.4, 0.5) is 0 Å². The summed E-state index contributed by atoms with van der Waals surface area (Å²) < 4.78 is 2.72. The van der Waals surface area contributed by atoms with Crippen LogP contribution in [0.3, 0.4) is 0 Å². The number of hydrogen-bond donors (Lipinski definition) is 1. The van der Waals surface area contributed by atoms with Crippen molar-refractivity contribution in [3.8, 4) is 0 Å². The summed E-state index contributed by atoms with van der Waals surface area (Å²) in [5.41, 5.74) is 0.0869. The molecule has 0 saturated heterocycles. The monoisotopic (exact) mass is 365 g/mol. The molecule has 4 aliphatic rings. The van der Waals surface area contributed by atoms with Gasteiger partial charge in [-0.05, 0) is 78.6 Å². The molecule has 4 aliphatic carbocycles. The van der Waals surface area contributed by atoms with Gasteiger partial charge in [0, 0.05) is 11.7 Å². The Hall–Kier alpha value is -0.840. The molecule has 4 saturated carbocycles. The smallest absolute Gasteiger partial charge is 0.245 e. The van der Waals surface area contributed by atoms with Crippen molar-refractivity contribution in [2.24, 2.45) is 17.8 Å². The summed E-state index contributed by atoms with van der Waals surface area (Å²) in [7, 11) is 0. The average molecular weight is 366 g/mol. The molecule has 120 valence electrons. The van der Waals surface area contributed by atoms with Crippen LogP contribution < -0.4 is 5.32 Å². The Morgan fingerprint density at radius 1 is 1.36 bits per heavy atom. The van der Waals surface area contributed by atoms with E-state index in [-0.39, 0.29) is 17.5 Å². The molecule has 1 aromatic rings. The normalized spacial score (nSPS) is 37.3. The van der Waals surface area contributed by atoms with Gasteiger partial charge >= 0.3 is 0 Å².